The molecule has 0 saturated heterocycles. The molecule has 3 aromatic rings. The minimum Gasteiger partial charge on any atom is -0.506 e. The van der Waals surface area contributed by atoms with E-state index < -0.39 is 5.91 Å². The smallest absolute Gasteiger partial charge is 0.271 e. The lowest BCUT2D eigenvalue weighted by molar-refractivity contribution is 0.0953. The summed E-state index contributed by atoms with van der Waals surface area (Å²) in [5.74, 6) is 0.00452. The Hall–Kier alpha value is -2.67. The predicted molar refractivity (Wildman–Crippen MR) is 136 cm³/mol. The number of hydrogen-bond acceptors (Lipinski definition) is 5. The molecule has 158 valence electrons. The summed E-state index contributed by atoms with van der Waals surface area (Å²) >= 11 is 4.16. The molecule has 0 fully saturated rings. The van der Waals surface area contributed by atoms with Crippen molar-refractivity contribution in [3.05, 3.63) is 84.5 Å². The number of amides is 2. The van der Waals surface area contributed by atoms with Gasteiger partial charge in [-0.3, -0.25) is 9.59 Å². The van der Waals surface area contributed by atoms with Crippen LogP contribution in [-0.4, -0.2) is 30.2 Å². The zero-order valence-corrected chi connectivity index (χ0v) is 20.5. The third-order valence-corrected chi connectivity index (χ3v) is 5.61. The summed E-state index contributed by atoms with van der Waals surface area (Å²) in [5, 5.41) is 16.8. The van der Waals surface area contributed by atoms with Crippen molar-refractivity contribution in [1.29, 1.82) is 0 Å². The molecule has 31 heavy (non-hydrogen) atoms. The van der Waals surface area contributed by atoms with Crippen molar-refractivity contribution in [2.24, 2.45) is 5.10 Å². The number of hydrogen-bond donors (Lipinski definition) is 3. The molecule has 0 heterocycles. The molecule has 0 aliphatic heterocycles. The Kier molecular flexibility index (Phi) is 7.85. The lowest BCUT2D eigenvalue weighted by atomic mass is 10.1. The number of phenols is 1. The van der Waals surface area contributed by atoms with E-state index in [0.717, 1.165) is 3.57 Å². The zero-order chi connectivity index (χ0) is 22.4. The quantitative estimate of drug-likeness (QED) is 0.208. The van der Waals surface area contributed by atoms with Crippen molar-refractivity contribution in [3.63, 3.8) is 0 Å². The van der Waals surface area contributed by atoms with Gasteiger partial charge >= 0.3 is 0 Å². The Morgan fingerprint density at radius 1 is 1.00 bits per heavy atom. The van der Waals surface area contributed by atoms with Crippen molar-refractivity contribution >= 4 is 68.9 Å². The van der Waals surface area contributed by atoms with Crippen molar-refractivity contribution < 1.29 is 19.4 Å². The van der Waals surface area contributed by atoms with Crippen molar-refractivity contribution in [2.45, 2.75) is 0 Å². The first-order valence-corrected chi connectivity index (χ1v) is 11.1. The van der Waals surface area contributed by atoms with Crippen LogP contribution in [0.25, 0.3) is 0 Å². The van der Waals surface area contributed by atoms with Gasteiger partial charge in [0.2, 0.25) is 0 Å². The SMILES string of the molecule is COc1ccc(C(=O)Nc2cccc(C(=O)N/N=C\c3cc(I)cc(I)c3O)c2)cc1. The fraction of sp³-hybridized carbons (Fsp3) is 0.0455. The third-order valence-electron chi connectivity index (χ3n) is 4.16. The number of phenolic OH excluding ortho intramolecular Hbond substituents is 1. The van der Waals surface area contributed by atoms with E-state index in [4.69, 9.17) is 4.74 Å². The van der Waals surface area contributed by atoms with Gasteiger partial charge in [-0.15, -0.1) is 0 Å². The largest absolute Gasteiger partial charge is 0.506 e. The summed E-state index contributed by atoms with van der Waals surface area (Å²) < 4.78 is 6.72. The van der Waals surface area contributed by atoms with E-state index in [1.807, 2.05) is 28.7 Å². The third kappa shape index (κ3) is 6.17. The highest BCUT2D eigenvalue weighted by atomic mass is 127. The summed E-state index contributed by atoms with van der Waals surface area (Å²) in [6, 6.07) is 16.8. The summed E-state index contributed by atoms with van der Waals surface area (Å²) in [6.07, 6.45) is 1.38. The molecule has 7 nitrogen and oxygen atoms in total. The number of benzene rings is 3. The Balaban J connectivity index is 1.66. The monoisotopic (exact) mass is 641 g/mol. The fourth-order valence-electron chi connectivity index (χ4n) is 2.59. The van der Waals surface area contributed by atoms with E-state index in [0.29, 0.717) is 31.7 Å². The van der Waals surface area contributed by atoms with Crippen LogP contribution in [-0.2, 0) is 0 Å². The van der Waals surface area contributed by atoms with E-state index in [9.17, 15) is 14.7 Å². The average molecular weight is 641 g/mol. The van der Waals surface area contributed by atoms with Gasteiger partial charge in [-0.2, -0.15) is 5.10 Å². The first kappa shape index (κ1) is 23.0. The number of carbonyl (C=O) groups excluding carboxylic acids is 2. The number of methoxy groups -OCH3 is 1. The van der Waals surface area contributed by atoms with Crippen molar-refractivity contribution in [3.8, 4) is 11.5 Å². The van der Waals surface area contributed by atoms with Gasteiger partial charge in [-0.1, -0.05) is 6.07 Å². The van der Waals surface area contributed by atoms with Gasteiger partial charge in [-0.05, 0) is 99.8 Å². The lowest BCUT2D eigenvalue weighted by Crippen LogP contribution is -2.18. The topological polar surface area (TPSA) is 100 Å². The molecular formula is C22H17I2N3O4. The molecular weight excluding hydrogens is 624 g/mol. The van der Waals surface area contributed by atoms with Crippen LogP contribution >= 0.6 is 45.2 Å². The number of hydrazone groups is 1. The summed E-state index contributed by atoms with van der Waals surface area (Å²) in [7, 11) is 1.56. The van der Waals surface area contributed by atoms with Crippen LogP contribution in [0.3, 0.4) is 0 Å². The second kappa shape index (κ2) is 10.6. The van der Waals surface area contributed by atoms with Gasteiger partial charge in [0.05, 0.1) is 16.9 Å². The number of ether oxygens (including phenoxy) is 1. The molecule has 0 aliphatic carbocycles. The van der Waals surface area contributed by atoms with Crippen LogP contribution in [0.1, 0.15) is 26.3 Å². The van der Waals surface area contributed by atoms with E-state index >= 15 is 0 Å². The van der Waals surface area contributed by atoms with Crippen molar-refractivity contribution in [1.82, 2.24) is 5.43 Å². The van der Waals surface area contributed by atoms with Crippen molar-refractivity contribution in [2.75, 3.05) is 12.4 Å². The van der Waals surface area contributed by atoms with Gasteiger partial charge in [-0.25, -0.2) is 5.43 Å². The number of nitrogens with zero attached hydrogens (tertiary/aromatic N) is 1. The highest BCUT2D eigenvalue weighted by Gasteiger charge is 2.10. The molecule has 0 radical (unpaired) electrons. The van der Waals surface area contributed by atoms with E-state index in [1.165, 1.54) is 6.21 Å². The number of halogens is 2. The Labute approximate surface area is 206 Å². The number of rotatable bonds is 6. The molecule has 3 rings (SSSR count). The van der Waals surface area contributed by atoms with Crippen LogP contribution < -0.4 is 15.5 Å². The molecule has 3 N–H and O–H groups in total. The maximum absolute atomic E-state index is 12.4. The standard InChI is InChI=1S/C22H17I2N3O4/c1-31-18-7-5-13(6-8-18)21(29)26-17-4-2-3-14(10-17)22(30)27-25-12-15-9-16(23)11-19(24)20(15)28/h2-12,28H,1H3,(H,26,29)(H,27,30)/b25-12-. The van der Waals surface area contributed by atoms with Crippen LogP contribution in [0.2, 0.25) is 0 Å². The zero-order valence-electron chi connectivity index (χ0n) is 16.2. The summed E-state index contributed by atoms with van der Waals surface area (Å²) in [4.78, 5) is 24.8. The second-order valence-corrected chi connectivity index (χ2v) is 8.70. The van der Waals surface area contributed by atoms with Crippen LogP contribution in [0.15, 0.2) is 65.8 Å². The van der Waals surface area contributed by atoms with Gasteiger partial charge in [0, 0.05) is 25.9 Å². The summed E-state index contributed by atoms with van der Waals surface area (Å²) in [5.41, 5.74) is 4.19. The molecule has 0 spiro atoms. The van der Waals surface area contributed by atoms with Gasteiger partial charge in [0.1, 0.15) is 11.5 Å². The van der Waals surface area contributed by atoms with Crippen LogP contribution in [0.4, 0.5) is 5.69 Å². The van der Waals surface area contributed by atoms with Gasteiger partial charge in [0.25, 0.3) is 11.8 Å². The molecule has 0 aromatic heterocycles. The van der Waals surface area contributed by atoms with Gasteiger partial charge in [0.15, 0.2) is 0 Å². The minimum atomic E-state index is -0.448. The molecule has 2 amide bonds. The maximum Gasteiger partial charge on any atom is 0.271 e. The van der Waals surface area contributed by atoms with Crippen LogP contribution in [0, 0.1) is 7.14 Å². The number of nitrogens with one attached hydrogen (secondary N) is 2. The second-order valence-electron chi connectivity index (χ2n) is 6.29. The lowest BCUT2D eigenvalue weighted by Gasteiger charge is -2.08. The van der Waals surface area contributed by atoms with E-state index in [2.05, 4.69) is 38.4 Å². The Morgan fingerprint density at radius 3 is 2.45 bits per heavy atom. The molecule has 0 bridgehead atoms. The Bertz CT molecular complexity index is 1150. The molecule has 3 aromatic carbocycles. The molecule has 9 heteroatoms. The van der Waals surface area contributed by atoms with E-state index in [-0.39, 0.29) is 11.7 Å². The maximum atomic E-state index is 12.4. The predicted octanol–water partition coefficient (Wildman–Crippen LogP) is 4.63. The highest BCUT2D eigenvalue weighted by Crippen LogP contribution is 2.25. The Morgan fingerprint density at radius 2 is 1.74 bits per heavy atom. The van der Waals surface area contributed by atoms with E-state index in [1.54, 1.807) is 61.7 Å². The van der Waals surface area contributed by atoms with Gasteiger partial charge < -0.3 is 15.2 Å². The number of aromatic hydroxyl groups is 1. The molecule has 0 unspecified atom stereocenters. The molecule has 0 saturated carbocycles. The fourth-order valence-corrected chi connectivity index (χ4v) is 4.48. The number of anilines is 1. The normalized spacial score (nSPS) is 10.7. The summed E-state index contributed by atoms with van der Waals surface area (Å²) in [6.45, 7) is 0. The van der Waals surface area contributed by atoms with Crippen LogP contribution in [0.5, 0.6) is 11.5 Å². The molecule has 0 aliphatic rings. The number of carbonyl (C=O) groups is 2. The first-order valence-electron chi connectivity index (χ1n) is 8.94. The first-order chi connectivity index (χ1) is 14.9. The minimum absolute atomic E-state index is 0.0993. The highest BCUT2D eigenvalue weighted by molar-refractivity contribution is 14.1. The average Bonchev–Trinajstić information content (AvgIpc) is 2.77. The molecule has 0 atom stereocenters.